The van der Waals surface area contributed by atoms with Crippen molar-refractivity contribution in [1.29, 1.82) is 0 Å². The minimum atomic E-state index is -0.969. The van der Waals surface area contributed by atoms with Gasteiger partial charge in [0.2, 0.25) is 5.91 Å². The van der Waals surface area contributed by atoms with Crippen LogP contribution in [0.1, 0.15) is 6.42 Å². The van der Waals surface area contributed by atoms with Crippen LogP contribution in [0.4, 0.5) is 0 Å². The van der Waals surface area contributed by atoms with E-state index < -0.39 is 12.4 Å². The minimum Gasteiger partial charge on any atom is -0.371 e. The molecular weight excluding hydrogens is 162 g/mol. The Morgan fingerprint density at radius 1 is 1.83 bits per heavy atom. The molecule has 2 atom stereocenters. The summed E-state index contributed by atoms with van der Waals surface area (Å²) in [7, 11) is 1.39. The number of aliphatic hydroxyl groups is 1. The van der Waals surface area contributed by atoms with Crippen molar-refractivity contribution >= 4 is 5.91 Å². The first-order valence-corrected chi connectivity index (χ1v) is 3.83. The number of carbonyl (C=O) groups excluding carboxylic acids is 1. The molecule has 1 heterocycles. The van der Waals surface area contributed by atoms with Crippen LogP contribution in [0, 0.1) is 0 Å². The lowest BCUT2D eigenvalue weighted by Crippen LogP contribution is -2.38. The summed E-state index contributed by atoms with van der Waals surface area (Å²) in [6.07, 6.45) is -1.09. The molecule has 5 heteroatoms. The number of rotatable bonds is 2. The van der Waals surface area contributed by atoms with Crippen LogP contribution in [0.15, 0.2) is 0 Å². The molecule has 1 rings (SSSR count). The fourth-order valence-corrected chi connectivity index (χ4v) is 1.000. The van der Waals surface area contributed by atoms with E-state index in [9.17, 15) is 9.90 Å². The maximum absolute atomic E-state index is 10.8. The summed E-state index contributed by atoms with van der Waals surface area (Å²) in [5.74, 6) is -0.0548. The van der Waals surface area contributed by atoms with Gasteiger partial charge in [-0.1, -0.05) is 0 Å². The highest BCUT2D eigenvalue weighted by Gasteiger charge is 2.22. The Hall–Kier alpha value is -0.650. The smallest absolute Gasteiger partial charge is 0.222 e. The van der Waals surface area contributed by atoms with E-state index in [1.807, 2.05) is 0 Å². The molecule has 1 aliphatic rings. The van der Waals surface area contributed by atoms with Gasteiger partial charge in [-0.3, -0.25) is 4.79 Å². The zero-order valence-electron chi connectivity index (χ0n) is 6.95. The minimum absolute atomic E-state index is 0.0548. The maximum atomic E-state index is 10.8. The van der Waals surface area contributed by atoms with E-state index in [4.69, 9.17) is 4.74 Å². The average Bonchev–Trinajstić information content (AvgIpc) is 2.29. The summed E-state index contributed by atoms with van der Waals surface area (Å²) in [5, 5.41) is 11.8. The Bertz CT molecular complexity index is 161. The van der Waals surface area contributed by atoms with Gasteiger partial charge in [-0.2, -0.15) is 0 Å². The van der Waals surface area contributed by atoms with Gasteiger partial charge in [0.25, 0.3) is 0 Å². The van der Waals surface area contributed by atoms with Gasteiger partial charge in [0.15, 0.2) is 6.29 Å². The van der Waals surface area contributed by atoms with Gasteiger partial charge in [0.1, 0.15) is 6.10 Å². The molecule has 1 fully saturated rings. The normalized spacial score (nSPS) is 27.5. The van der Waals surface area contributed by atoms with Gasteiger partial charge in [0, 0.05) is 20.1 Å². The molecule has 1 amide bonds. The molecule has 2 N–H and O–H groups in total. The highest BCUT2D eigenvalue weighted by molar-refractivity contribution is 5.76. The lowest BCUT2D eigenvalue weighted by molar-refractivity contribution is -0.158. The zero-order chi connectivity index (χ0) is 8.97. The number of amides is 1. The molecule has 0 aliphatic carbocycles. The van der Waals surface area contributed by atoms with Crippen molar-refractivity contribution in [2.24, 2.45) is 0 Å². The largest absolute Gasteiger partial charge is 0.371 e. The van der Waals surface area contributed by atoms with E-state index >= 15 is 0 Å². The molecule has 0 aromatic rings. The van der Waals surface area contributed by atoms with Crippen LogP contribution >= 0.6 is 0 Å². The summed E-state index contributed by atoms with van der Waals surface area (Å²) in [6.45, 7) is 0.630. The third kappa shape index (κ3) is 2.44. The Balaban J connectivity index is 2.40. The third-order valence-electron chi connectivity index (χ3n) is 1.72. The molecule has 70 valence electrons. The van der Waals surface area contributed by atoms with Crippen LogP contribution in [0.3, 0.4) is 0 Å². The molecule has 5 nitrogen and oxygen atoms in total. The predicted octanol–water partition coefficient (Wildman–Crippen LogP) is -1.14. The van der Waals surface area contributed by atoms with Gasteiger partial charge < -0.3 is 19.9 Å². The number of ether oxygens (including phenoxy) is 2. The quantitative estimate of drug-likeness (QED) is 0.520. The molecule has 0 radical (unpaired) electrons. The highest BCUT2D eigenvalue weighted by Crippen LogP contribution is 2.03. The van der Waals surface area contributed by atoms with E-state index in [1.165, 1.54) is 7.11 Å². The number of aliphatic hydroxyl groups excluding tert-OH is 1. The Morgan fingerprint density at radius 3 is 3.25 bits per heavy atom. The Labute approximate surface area is 70.7 Å². The lowest BCUT2D eigenvalue weighted by Gasteiger charge is -2.19. The summed E-state index contributed by atoms with van der Waals surface area (Å²) in [4.78, 5) is 10.8. The summed E-state index contributed by atoms with van der Waals surface area (Å²) in [6, 6.07) is 0. The predicted molar refractivity (Wildman–Crippen MR) is 40.4 cm³/mol. The second-order valence-corrected chi connectivity index (χ2v) is 2.59. The van der Waals surface area contributed by atoms with Gasteiger partial charge >= 0.3 is 0 Å². The summed E-state index contributed by atoms with van der Waals surface area (Å²) >= 11 is 0. The van der Waals surface area contributed by atoms with Crippen molar-refractivity contribution in [3.05, 3.63) is 0 Å². The van der Waals surface area contributed by atoms with Gasteiger partial charge in [-0.15, -0.1) is 0 Å². The fourth-order valence-electron chi connectivity index (χ4n) is 1.000. The van der Waals surface area contributed by atoms with Gasteiger partial charge in [0.05, 0.1) is 6.61 Å². The average molecular weight is 175 g/mol. The van der Waals surface area contributed by atoms with Crippen molar-refractivity contribution in [1.82, 2.24) is 5.32 Å². The van der Waals surface area contributed by atoms with E-state index in [0.29, 0.717) is 19.6 Å². The first-order chi connectivity index (χ1) is 5.74. The topological polar surface area (TPSA) is 67.8 Å². The second-order valence-electron chi connectivity index (χ2n) is 2.59. The molecule has 0 spiro atoms. The molecule has 0 bridgehead atoms. The molecule has 0 aromatic heterocycles. The molecule has 1 saturated heterocycles. The third-order valence-corrected chi connectivity index (χ3v) is 1.72. The van der Waals surface area contributed by atoms with Crippen molar-refractivity contribution in [3.63, 3.8) is 0 Å². The van der Waals surface area contributed by atoms with E-state index in [-0.39, 0.29) is 5.91 Å². The van der Waals surface area contributed by atoms with Crippen LogP contribution in [0.2, 0.25) is 0 Å². The van der Waals surface area contributed by atoms with Crippen LogP contribution in [-0.2, 0) is 14.3 Å². The number of carbonyl (C=O) groups is 1. The molecule has 1 unspecified atom stereocenters. The molecule has 1 aliphatic heterocycles. The maximum Gasteiger partial charge on any atom is 0.222 e. The molecule has 12 heavy (non-hydrogen) atoms. The first kappa shape index (κ1) is 9.44. The summed E-state index contributed by atoms with van der Waals surface area (Å²) < 4.78 is 9.83. The number of hydrogen-bond acceptors (Lipinski definition) is 4. The van der Waals surface area contributed by atoms with Crippen molar-refractivity contribution in [3.8, 4) is 0 Å². The fraction of sp³-hybridized carbons (Fsp3) is 0.857. The van der Waals surface area contributed by atoms with E-state index in [1.54, 1.807) is 0 Å². The number of methoxy groups -OCH3 is 1. The molecule has 0 aromatic carbocycles. The number of hydrogen-bond donors (Lipinski definition) is 2. The van der Waals surface area contributed by atoms with Gasteiger partial charge in [-0.05, 0) is 0 Å². The highest BCUT2D eigenvalue weighted by atomic mass is 16.6. The monoisotopic (exact) mass is 175 g/mol. The molecule has 0 saturated carbocycles. The Morgan fingerprint density at radius 2 is 2.58 bits per heavy atom. The van der Waals surface area contributed by atoms with Crippen molar-refractivity contribution in [2.45, 2.75) is 18.8 Å². The van der Waals surface area contributed by atoms with Crippen LogP contribution < -0.4 is 5.32 Å². The van der Waals surface area contributed by atoms with Crippen molar-refractivity contribution < 1.29 is 19.4 Å². The SMILES string of the molecule is COC(O)[C@@H]1CNC(=O)CCO1. The van der Waals surface area contributed by atoms with Crippen LogP contribution in [0.5, 0.6) is 0 Å². The first-order valence-electron chi connectivity index (χ1n) is 3.83. The van der Waals surface area contributed by atoms with Crippen LogP contribution in [0.25, 0.3) is 0 Å². The van der Waals surface area contributed by atoms with E-state index in [2.05, 4.69) is 10.1 Å². The van der Waals surface area contributed by atoms with Gasteiger partial charge in [-0.25, -0.2) is 0 Å². The number of nitrogens with one attached hydrogen (secondary N) is 1. The second kappa shape index (κ2) is 4.39. The van der Waals surface area contributed by atoms with Crippen molar-refractivity contribution in [2.75, 3.05) is 20.3 Å². The molecular formula is C7H13NO4. The zero-order valence-corrected chi connectivity index (χ0v) is 6.95. The summed E-state index contributed by atoms with van der Waals surface area (Å²) in [5.41, 5.74) is 0. The van der Waals surface area contributed by atoms with E-state index in [0.717, 1.165) is 0 Å². The Kier molecular flexibility index (Phi) is 3.46. The lowest BCUT2D eigenvalue weighted by atomic mass is 10.3. The van der Waals surface area contributed by atoms with Crippen LogP contribution in [-0.4, -0.2) is 43.7 Å². The standard InChI is InChI=1S/C7H13NO4/c1-11-7(10)5-4-8-6(9)2-3-12-5/h5,7,10H,2-4H2,1H3,(H,8,9)/t5-,7?/m0/s1.